The summed E-state index contributed by atoms with van der Waals surface area (Å²) in [6.07, 6.45) is 5.71. The Bertz CT molecular complexity index is 430. The summed E-state index contributed by atoms with van der Waals surface area (Å²) in [6.45, 7) is 2.03. The second-order valence-corrected chi connectivity index (χ2v) is 5.88. The van der Waals surface area contributed by atoms with Crippen LogP contribution in [0.25, 0.3) is 0 Å². The Balaban J connectivity index is 2.45. The van der Waals surface area contributed by atoms with Gasteiger partial charge in [-0.3, -0.25) is 0 Å². The highest BCUT2D eigenvalue weighted by Crippen LogP contribution is 2.39. The molecular weight excluding hydrogens is 341 g/mol. The predicted octanol–water partition coefficient (Wildman–Crippen LogP) is 3.24. The van der Waals surface area contributed by atoms with Crippen LogP contribution in [0, 0.1) is 10.5 Å². The highest BCUT2D eigenvalue weighted by atomic mass is 127. The molecule has 0 spiro atoms. The molecule has 0 radical (unpaired) electrons. The van der Waals surface area contributed by atoms with Gasteiger partial charge in [0.2, 0.25) is 0 Å². The van der Waals surface area contributed by atoms with Gasteiger partial charge in [-0.05, 0) is 42.4 Å². The van der Waals surface area contributed by atoms with Crippen LogP contribution in [-0.2, 0) is 10.3 Å². The molecule has 1 aromatic heterocycles. The van der Waals surface area contributed by atoms with Crippen molar-refractivity contribution in [3.63, 3.8) is 0 Å². The zero-order chi connectivity index (χ0) is 13.2. The van der Waals surface area contributed by atoms with Crippen LogP contribution in [0.1, 0.15) is 43.6 Å². The number of rotatable bonds is 3. The van der Waals surface area contributed by atoms with E-state index in [1.165, 1.54) is 19.3 Å². The first kappa shape index (κ1) is 14.0. The molecule has 0 amide bonds. The summed E-state index contributed by atoms with van der Waals surface area (Å²) in [6, 6.07) is 0. The van der Waals surface area contributed by atoms with E-state index in [1.807, 2.05) is 14.0 Å². The molecule has 18 heavy (non-hydrogen) atoms. The molecule has 1 aliphatic carbocycles. The first-order valence-electron chi connectivity index (χ1n) is 6.40. The number of nitrogens with zero attached hydrogens (tertiary/aromatic N) is 2. The minimum Gasteiger partial charge on any atom is -0.372 e. The van der Waals surface area contributed by atoms with Crippen molar-refractivity contribution in [2.75, 3.05) is 19.5 Å². The van der Waals surface area contributed by atoms with Gasteiger partial charge in [0, 0.05) is 14.2 Å². The maximum Gasteiger partial charge on any atom is 0.162 e. The number of ether oxygens (including phenoxy) is 1. The van der Waals surface area contributed by atoms with Gasteiger partial charge in [-0.25, -0.2) is 9.97 Å². The van der Waals surface area contributed by atoms with Crippen molar-refractivity contribution >= 4 is 28.4 Å². The Morgan fingerprint density at radius 3 is 2.44 bits per heavy atom. The van der Waals surface area contributed by atoms with Crippen molar-refractivity contribution < 1.29 is 4.74 Å². The summed E-state index contributed by atoms with van der Waals surface area (Å²) in [5, 5.41) is 3.14. The molecular formula is C13H20IN3O. The van der Waals surface area contributed by atoms with E-state index in [2.05, 4.69) is 37.9 Å². The molecule has 100 valence electrons. The molecule has 0 atom stereocenters. The van der Waals surface area contributed by atoms with Gasteiger partial charge in [0.25, 0.3) is 0 Å². The lowest BCUT2D eigenvalue weighted by Crippen LogP contribution is -2.34. The zero-order valence-corrected chi connectivity index (χ0v) is 13.4. The van der Waals surface area contributed by atoms with E-state index in [-0.39, 0.29) is 5.60 Å². The Kier molecular flexibility index (Phi) is 4.42. The van der Waals surface area contributed by atoms with Crippen LogP contribution in [-0.4, -0.2) is 24.1 Å². The van der Waals surface area contributed by atoms with Gasteiger partial charge >= 0.3 is 0 Å². The third-order valence-corrected chi connectivity index (χ3v) is 5.00. The SMILES string of the molecule is CNc1nc(C2(OC)CCCCC2)nc(C)c1I. The maximum atomic E-state index is 5.80. The molecule has 4 nitrogen and oxygen atoms in total. The first-order chi connectivity index (χ1) is 8.63. The van der Waals surface area contributed by atoms with Crippen molar-refractivity contribution in [2.24, 2.45) is 0 Å². The molecule has 1 aromatic rings. The number of nitrogens with one attached hydrogen (secondary N) is 1. The molecule has 1 aliphatic rings. The highest BCUT2D eigenvalue weighted by Gasteiger charge is 2.37. The van der Waals surface area contributed by atoms with E-state index in [1.54, 1.807) is 7.11 Å². The summed E-state index contributed by atoms with van der Waals surface area (Å²) in [7, 11) is 3.68. The molecule has 5 heteroatoms. The lowest BCUT2D eigenvalue weighted by Gasteiger charge is -2.34. The minimum absolute atomic E-state index is 0.279. The van der Waals surface area contributed by atoms with E-state index < -0.39 is 0 Å². The number of methoxy groups -OCH3 is 1. The Hall–Kier alpha value is -0.430. The van der Waals surface area contributed by atoms with Crippen LogP contribution in [0.15, 0.2) is 0 Å². The van der Waals surface area contributed by atoms with Gasteiger partial charge in [-0.2, -0.15) is 0 Å². The van der Waals surface area contributed by atoms with Gasteiger partial charge in [-0.1, -0.05) is 19.3 Å². The number of halogens is 1. The third kappa shape index (κ3) is 2.47. The molecule has 0 aliphatic heterocycles. The van der Waals surface area contributed by atoms with E-state index >= 15 is 0 Å². The van der Waals surface area contributed by atoms with Gasteiger partial charge < -0.3 is 10.1 Å². The minimum atomic E-state index is -0.279. The molecule has 1 heterocycles. The fraction of sp³-hybridized carbons (Fsp3) is 0.692. The summed E-state index contributed by atoms with van der Waals surface area (Å²) < 4.78 is 6.89. The normalized spacial score (nSPS) is 18.7. The average Bonchev–Trinajstić information content (AvgIpc) is 2.42. The Morgan fingerprint density at radius 2 is 1.89 bits per heavy atom. The molecule has 1 fully saturated rings. The first-order valence-corrected chi connectivity index (χ1v) is 7.48. The monoisotopic (exact) mass is 361 g/mol. The van der Waals surface area contributed by atoms with E-state index in [9.17, 15) is 0 Å². The van der Waals surface area contributed by atoms with Crippen molar-refractivity contribution in [1.82, 2.24) is 9.97 Å². The van der Waals surface area contributed by atoms with Crippen molar-refractivity contribution in [1.29, 1.82) is 0 Å². The summed E-state index contributed by atoms with van der Waals surface area (Å²) in [5.41, 5.74) is 0.742. The molecule has 0 saturated heterocycles. The van der Waals surface area contributed by atoms with Crippen molar-refractivity contribution in [3.05, 3.63) is 15.1 Å². The van der Waals surface area contributed by atoms with Crippen LogP contribution in [0.3, 0.4) is 0 Å². The third-order valence-electron chi connectivity index (χ3n) is 3.71. The summed E-state index contributed by atoms with van der Waals surface area (Å²) in [4.78, 5) is 9.33. The van der Waals surface area contributed by atoms with Crippen molar-refractivity contribution in [3.8, 4) is 0 Å². The number of aromatic nitrogens is 2. The lowest BCUT2D eigenvalue weighted by atomic mass is 9.84. The lowest BCUT2D eigenvalue weighted by molar-refractivity contribution is -0.0515. The zero-order valence-electron chi connectivity index (χ0n) is 11.2. The van der Waals surface area contributed by atoms with Gasteiger partial charge in [0.05, 0.1) is 9.26 Å². The van der Waals surface area contributed by atoms with Crippen LogP contribution in [0.2, 0.25) is 0 Å². The number of hydrogen-bond acceptors (Lipinski definition) is 4. The van der Waals surface area contributed by atoms with Crippen LogP contribution >= 0.6 is 22.6 Å². The van der Waals surface area contributed by atoms with E-state index in [0.29, 0.717) is 0 Å². The van der Waals surface area contributed by atoms with Crippen LogP contribution < -0.4 is 5.32 Å². The smallest absolute Gasteiger partial charge is 0.162 e. The fourth-order valence-electron chi connectivity index (χ4n) is 2.57. The Morgan fingerprint density at radius 1 is 1.22 bits per heavy atom. The topological polar surface area (TPSA) is 47.0 Å². The van der Waals surface area contributed by atoms with Gasteiger partial charge in [0.1, 0.15) is 11.4 Å². The maximum absolute atomic E-state index is 5.80. The van der Waals surface area contributed by atoms with E-state index in [4.69, 9.17) is 4.74 Å². The number of hydrogen-bond donors (Lipinski definition) is 1. The van der Waals surface area contributed by atoms with E-state index in [0.717, 1.165) is 33.7 Å². The average molecular weight is 361 g/mol. The molecule has 1 N–H and O–H groups in total. The second kappa shape index (κ2) is 5.69. The second-order valence-electron chi connectivity index (χ2n) is 4.80. The van der Waals surface area contributed by atoms with Crippen LogP contribution in [0.5, 0.6) is 0 Å². The highest BCUT2D eigenvalue weighted by molar-refractivity contribution is 14.1. The molecule has 1 saturated carbocycles. The van der Waals surface area contributed by atoms with Crippen molar-refractivity contribution in [2.45, 2.75) is 44.6 Å². The molecule has 2 rings (SSSR count). The summed E-state index contributed by atoms with van der Waals surface area (Å²) >= 11 is 2.28. The molecule has 0 unspecified atom stereocenters. The Labute approximate surface area is 122 Å². The van der Waals surface area contributed by atoms with Gasteiger partial charge in [-0.15, -0.1) is 0 Å². The largest absolute Gasteiger partial charge is 0.372 e. The fourth-order valence-corrected chi connectivity index (χ4v) is 3.08. The number of anilines is 1. The molecule has 0 aromatic carbocycles. The summed E-state index contributed by atoms with van der Waals surface area (Å²) in [5.74, 6) is 1.74. The quantitative estimate of drug-likeness (QED) is 0.840. The molecule has 0 bridgehead atoms. The number of aryl methyl sites for hydroxylation is 1. The standard InChI is InChI=1S/C13H20IN3O/c1-9-10(14)11(15-2)17-12(16-9)13(18-3)7-5-4-6-8-13/h4-8H2,1-3H3,(H,15,16,17). The van der Waals surface area contributed by atoms with Crippen LogP contribution in [0.4, 0.5) is 5.82 Å². The van der Waals surface area contributed by atoms with Gasteiger partial charge in [0.15, 0.2) is 5.82 Å². The predicted molar refractivity (Wildman–Crippen MR) is 80.8 cm³/mol.